The van der Waals surface area contributed by atoms with Crippen LogP contribution in [-0.4, -0.2) is 46.3 Å². The number of anilines is 1. The fourth-order valence-corrected chi connectivity index (χ4v) is 4.23. The molecule has 1 unspecified atom stereocenters. The average Bonchev–Trinajstić information content (AvgIpc) is 3.29. The molecule has 4 rings (SSSR count). The van der Waals surface area contributed by atoms with E-state index in [1.807, 2.05) is 38.1 Å². The second-order valence-corrected chi connectivity index (χ2v) is 8.80. The van der Waals surface area contributed by atoms with E-state index in [0.29, 0.717) is 24.6 Å². The van der Waals surface area contributed by atoms with Gasteiger partial charge in [-0.1, -0.05) is 29.8 Å². The molecule has 36 heavy (non-hydrogen) atoms. The monoisotopic (exact) mass is 490 g/mol. The number of ether oxygens (including phenoxy) is 2. The van der Waals surface area contributed by atoms with E-state index in [-0.39, 0.29) is 30.4 Å². The summed E-state index contributed by atoms with van der Waals surface area (Å²) in [6.07, 6.45) is 0. The maximum absolute atomic E-state index is 13.8. The number of amides is 2. The lowest BCUT2D eigenvalue weighted by atomic mass is 9.93. The normalized spacial score (nSPS) is 16.9. The SMILES string of the molecule is CCOC(=O)c1cc2n(n1)CC(C)(C(=O)NCc1ccc(C)cc1)N(c1ccc(OCC)cc1)C2=O. The molecule has 2 heterocycles. The molecule has 0 fully saturated rings. The zero-order valence-corrected chi connectivity index (χ0v) is 20.9. The molecular formula is C27H30N4O5. The number of esters is 1. The van der Waals surface area contributed by atoms with E-state index >= 15 is 0 Å². The molecule has 9 heteroatoms. The van der Waals surface area contributed by atoms with E-state index < -0.39 is 17.4 Å². The number of nitrogens with one attached hydrogen (secondary N) is 1. The predicted molar refractivity (Wildman–Crippen MR) is 134 cm³/mol. The van der Waals surface area contributed by atoms with Crippen molar-refractivity contribution in [1.29, 1.82) is 0 Å². The molecule has 188 valence electrons. The summed E-state index contributed by atoms with van der Waals surface area (Å²) in [5.41, 5.74) is 1.50. The van der Waals surface area contributed by atoms with Crippen molar-refractivity contribution in [2.24, 2.45) is 0 Å². The minimum atomic E-state index is -1.32. The van der Waals surface area contributed by atoms with Crippen molar-refractivity contribution in [3.8, 4) is 5.75 Å². The molecule has 0 aliphatic carbocycles. The molecule has 1 aromatic heterocycles. The highest BCUT2D eigenvalue weighted by Crippen LogP contribution is 2.34. The van der Waals surface area contributed by atoms with Gasteiger partial charge in [-0.15, -0.1) is 0 Å². The molecule has 3 aromatic rings. The van der Waals surface area contributed by atoms with Crippen molar-refractivity contribution in [3.05, 3.63) is 77.1 Å². The third-order valence-corrected chi connectivity index (χ3v) is 6.11. The van der Waals surface area contributed by atoms with E-state index in [2.05, 4.69) is 10.4 Å². The van der Waals surface area contributed by atoms with Gasteiger partial charge in [0.05, 0.1) is 19.8 Å². The maximum atomic E-state index is 13.8. The van der Waals surface area contributed by atoms with Crippen molar-refractivity contribution in [1.82, 2.24) is 15.1 Å². The molecule has 0 saturated carbocycles. The molecule has 1 aliphatic rings. The highest BCUT2D eigenvalue weighted by Gasteiger charge is 2.49. The van der Waals surface area contributed by atoms with Crippen LogP contribution in [0.15, 0.2) is 54.6 Å². The standard InChI is InChI=1S/C27H30N4O5/c1-5-35-21-13-11-20(12-14-21)31-24(32)23-15-22(25(33)36-6-2)29-30(23)17-27(31,4)26(34)28-16-19-9-7-18(3)8-10-19/h7-15H,5-6,16-17H2,1-4H3,(H,28,34). The number of hydrogen-bond acceptors (Lipinski definition) is 6. The van der Waals surface area contributed by atoms with Crippen molar-refractivity contribution in [2.45, 2.75) is 46.3 Å². The quantitative estimate of drug-likeness (QED) is 0.485. The fourth-order valence-electron chi connectivity index (χ4n) is 4.23. The number of carbonyl (C=O) groups excluding carboxylic acids is 3. The molecule has 1 aliphatic heterocycles. The van der Waals surface area contributed by atoms with Crippen molar-refractivity contribution < 1.29 is 23.9 Å². The van der Waals surface area contributed by atoms with Crippen LogP contribution in [0.2, 0.25) is 0 Å². The van der Waals surface area contributed by atoms with Crippen LogP contribution < -0.4 is 15.0 Å². The molecule has 9 nitrogen and oxygen atoms in total. The van der Waals surface area contributed by atoms with Gasteiger partial charge in [-0.25, -0.2) is 4.79 Å². The molecule has 0 bridgehead atoms. The van der Waals surface area contributed by atoms with Gasteiger partial charge in [-0.05, 0) is 57.5 Å². The van der Waals surface area contributed by atoms with Gasteiger partial charge >= 0.3 is 5.97 Å². The summed E-state index contributed by atoms with van der Waals surface area (Å²) in [6, 6.07) is 16.3. The Morgan fingerprint density at radius 2 is 1.75 bits per heavy atom. The smallest absolute Gasteiger partial charge is 0.358 e. The van der Waals surface area contributed by atoms with Crippen molar-refractivity contribution in [2.75, 3.05) is 18.1 Å². The van der Waals surface area contributed by atoms with Gasteiger partial charge in [0.2, 0.25) is 5.91 Å². The summed E-state index contributed by atoms with van der Waals surface area (Å²) >= 11 is 0. The summed E-state index contributed by atoms with van der Waals surface area (Å²) in [5, 5.41) is 7.26. The second kappa shape index (κ2) is 10.2. The molecule has 2 aromatic carbocycles. The van der Waals surface area contributed by atoms with Crippen LogP contribution in [0.4, 0.5) is 5.69 Å². The summed E-state index contributed by atoms with van der Waals surface area (Å²) in [5.74, 6) is -0.748. The topological polar surface area (TPSA) is 103 Å². The van der Waals surface area contributed by atoms with Crippen molar-refractivity contribution in [3.63, 3.8) is 0 Å². The van der Waals surface area contributed by atoms with Gasteiger partial charge in [0, 0.05) is 18.3 Å². The summed E-state index contributed by atoms with van der Waals surface area (Å²) in [7, 11) is 0. The van der Waals surface area contributed by atoms with E-state index in [9.17, 15) is 14.4 Å². The first-order valence-electron chi connectivity index (χ1n) is 11.9. The van der Waals surface area contributed by atoms with Gasteiger partial charge < -0.3 is 14.8 Å². The number of fused-ring (bicyclic) bond motifs is 1. The van der Waals surface area contributed by atoms with Gasteiger partial charge in [0.15, 0.2) is 5.69 Å². The van der Waals surface area contributed by atoms with Crippen LogP contribution in [0.5, 0.6) is 5.75 Å². The Hall–Kier alpha value is -4.14. The third-order valence-electron chi connectivity index (χ3n) is 6.11. The maximum Gasteiger partial charge on any atom is 0.358 e. The van der Waals surface area contributed by atoms with Crippen molar-refractivity contribution >= 4 is 23.5 Å². The summed E-state index contributed by atoms with van der Waals surface area (Å²) in [6.45, 7) is 8.34. The minimum Gasteiger partial charge on any atom is -0.494 e. The van der Waals surface area contributed by atoms with E-state index in [4.69, 9.17) is 9.47 Å². The molecular weight excluding hydrogens is 460 g/mol. The fraction of sp³-hybridized carbons (Fsp3) is 0.333. The number of aromatic nitrogens is 2. The Balaban J connectivity index is 1.70. The largest absolute Gasteiger partial charge is 0.494 e. The van der Waals surface area contributed by atoms with Crippen LogP contribution in [0.25, 0.3) is 0 Å². The van der Waals surface area contributed by atoms with E-state index in [1.54, 1.807) is 38.1 Å². The molecule has 1 atom stereocenters. The number of aryl methyl sites for hydroxylation is 1. The van der Waals surface area contributed by atoms with Crippen LogP contribution in [0.1, 0.15) is 52.9 Å². The average molecular weight is 491 g/mol. The van der Waals surface area contributed by atoms with Crippen LogP contribution in [-0.2, 0) is 22.6 Å². The molecule has 0 saturated heterocycles. The zero-order valence-electron chi connectivity index (χ0n) is 20.9. The van der Waals surface area contributed by atoms with Gasteiger partial charge in [-0.3, -0.25) is 19.2 Å². The lowest BCUT2D eigenvalue weighted by Crippen LogP contribution is -2.64. The van der Waals surface area contributed by atoms with Gasteiger partial charge in [-0.2, -0.15) is 5.10 Å². The minimum absolute atomic E-state index is 0.0242. The highest BCUT2D eigenvalue weighted by molar-refractivity contribution is 6.12. The molecule has 2 amide bonds. The molecule has 1 N–H and O–H groups in total. The van der Waals surface area contributed by atoms with Gasteiger partial charge in [0.1, 0.15) is 17.0 Å². The summed E-state index contributed by atoms with van der Waals surface area (Å²) in [4.78, 5) is 41.1. The molecule has 0 spiro atoms. The van der Waals surface area contributed by atoms with Gasteiger partial charge in [0.25, 0.3) is 5.91 Å². The Morgan fingerprint density at radius 3 is 2.39 bits per heavy atom. The van der Waals surface area contributed by atoms with E-state index in [0.717, 1.165) is 11.1 Å². The number of hydrogen-bond donors (Lipinski definition) is 1. The first kappa shape index (κ1) is 25.0. The number of carbonyl (C=O) groups is 3. The zero-order chi connectivity index (χ0) is 25.9. The lowest BCUT2D eigenvalue weighted by Gasteiger charge is -2.43. The molecule has 0 radical (unpaired) electrons. The second-order valence-electron chi connectivity index (χ2n) is 8.80. The number of benzene rings is 2. The van der Waals surface area contributed by atoms with Crippen LogP contribution in [0.3, 0.4) is 0 Å². The first-order valence-corrected chi connectivity index (χ1v) is 11.9. The Morgan fingerprint density at radius 1 is 1.06 bits per heavy atom. The van der Waals surface area contributed by atoms with Crippen LogP contribution in [0, 0.1) is 6.92 Å². The number of rotatable bonds is 8. The Labute approximate surface area is 210 Å². The Bertz CT molecular complexity index is 1270. The predicted octanol–water partition coefficient (Wildman–Crippen LogP) is 3.50. The van der Waals surface area contributed by atoms with E-state index in [1.165, 1.54) is 15.6 Å². The Kier molecular flexibility index (Phi) is 7.10. The highest BCUT2D eigenvalue weighted by atomic mass is 16.5. The number of nitrogens with zero attached hydrogens (tertiary/aromatic N) is 3. The van der Waals surface area contributed by atoms with Crippen LogP contribution >= 0.6 is 0 Å². The lowest BCUT2D eigenvalue weighted by molar-refractivity contribution is -0.126. The third kappa shape index (κ3) is 4.82. The summed E-state index contributed by atoms with van der Waals surface area (Å²) < 4.78 is 12.0. The first-order chi connectivity index (χ1) is 17.3.